The molecule has 0 radical (unpaired) electrons. The van der Waals surface area contributed by atoms with E-state index >= 15 is 0 Å². The number of nitrogens with one attached hydrogen (secondary N) is 1. The molecule has 0 saturated carbocycles. The van der Waals surface area contributed by atoms with Crippen LogP contribution in [0.3, 0.4) is 0 Å². The molecule has 40 heavy (non-hydrogen) atoms. The van der Waals surface area contributed by atoms with Crippen LogP contribution in [-0.4, -0.2) is 28.6 Å². The number of fused-ring (bicyclic) bond motifs is 2. The highest BCUT2D eigenvalue weighted by Gasteiger charge is 3.03. The lowest BCUT2D eigenvalue weighted by atomic mass is 9.97. The summed E-state index contributed by atoms with van der Waals surface area (Å²) in [5.74, 6) is -6.95. The van der Waals surface area contributed by atoms with Gasteiger partial charge in [-0.3, -0.25) is 27.9 Å². The Hall–Kier alpha value is -2.74. The molecule has 0 spiro atoms. The minimum atomic E-state index is -3.81. The molecule has 2 N–H and O–H groups in total. The lowest BCUT2D eigenvalue weighted by Crippen LogP contribution is -2.53. The number of thiophene rings is 1. The molecular weight excluding hydrogens is 595 g/mol. The van der Waals surface area contributed by atoms with E-state index in [0.29, 0.717) is 15.1 Å². The van der Waals surface area contributed by atoms with Gasteiger partial charge in [0.1, 0.15) is 0 Å². The van der Waals surface area contributed by atoms with E-state index in [1.807, 2.05) is 0 Å². The highest BCUT2D eigenvalue weighted by atomic mass is 35.5. The summed E-state index contributed by atoms with van der Waals surface area (Å²) in [5, 5.41) is 14.8. The van der Waals surface area contributed by atoms with Crippen molar-refractivity contribution in [3.05, 3.63) is 75.8 Å². The van der Waals surface area contributed by atoms with Gasteiger partial charge in [-0.05, 0) is 68.1 Å². The van der Waals surface area contributed by atoms with Crippen molar-refractivity contribution in [3.8, 4) is 0 Å². The maximum Gasteiger partial charge on any atom is 0.428 e. The molecule has 3 aromatic rings. The van der Waals surface area contributed by atoms with Crippen LogP contribution in [0.5, 0.6) is 0 Å². The number of halogens is 3. The van der Waals surface area contributed by atoms with Crippen LogP contribution in [0.25, 0.3) is 16.2 Å². The Morgan fingerprint density at radius 2 is 1.88 bits per heavy atom. The van der Waals surface area contributed by atoms with Crippen LogP contribution in [0.4, 0.5) is 8.78 Å². The highest BCUT2D eigenvalue weighted by Crippen LogP contribution is 3.00. The lowest BCUT2D eigenvalue weighted by Gasteiger charge is -2.33. The van der Waals surface area contributed by atoms with Crippen molar-refractivity contribution in [2.75, 3.05) is 0 Å². The SMILES string of the molecule is CC(C)(C)C(=O)OC(OO)(OC(C(=O)N/C=C/c1ccc(F)c(F)c1)c1csc2ccc(Cl)cc12)C12OP1(=O)O2. The molecule has 212 valence electrons. The first-order chi connectivity index (χ1) is 18.7. The first-order valence-electron chi connectivity index (χ1n) is 11.6. The van der Waals surface area contributed by atoms with E-state index < -0.39 is 54.1 Å². The monoisotopic (exact) mass is 615 g/mol. The standard InChI is InChI=1S/C25H21ClF2NO9PS/c1-23(2,3)22(31)35-24(36-32,25-37-39(25,33)38-25)34-20(16-12-40-19-7-5-14(26)11-15(16)19)21(30)29-9-8-13-4-6-17(27)18(28)10-13/h4-12,20,32H,1-3H3,(H,29,30)/b9-8+. The van der Waals surface area contributed by atoms with Gasteiger partial charge in [0.05, 0.1) is 5.41 Å². The summed E-state index contributed by atoms with van der Waals surface area (Å²) in [6.45, 7) is 4.49. The van der Waals surface area contributed by atoms with Gasteiger partial charge in [-0.15, -0.1) is 11.3 Å². The Labute approximate surface area is 234 Å². The first kappa shape index (κ1) is 28.8. The lowest BCUT2D eigenvalue weighted by molar-refractivity contribution is -0.513. The minimum Gasteiger partial charge on any atom is -0.401 e. The molecule has 10 nitrogen and oxygen atoms in total. The zero-order valence-corrected chi connectivity index (χ0v) is 23.4. The summed E-state index contributed by atoms with van der Waals surface area (Å²) < 4.78 is 61.3. The molecule has 0 bridgehead atoms. The molecule has 1 amide bonds. The average molecular weight is 616 g/mol. The molecule has 2 aliphatic heterocycles. The van der Waals surface area contributed by atoms with E-state index in [2.05, 4.69) is 10.2 Å². The maximum absolute atomic E-state index is 13.6. The van der Waals surface area contributed by atoms with Crippen molar-refractivity contribution in [3.63, 3.8) is 0 Å². The van der Waals surface area contributed by atoms with Gasteiger partial charge < -0.3 is 10.1 Å². The van der Waals surface area contributed by atoms with Gasteiger partial charge in [-0.25, -0.2) is 14.0 Å². The predicted octanol–water partition coefficient (Wildman–Crippen LogP) is 6.32. The Morgan fingerprint density at radius 1 is 1.18 bits per heavy atom. The number of carbonyl (C=O) groups is 2. The number of esters is 1. The van der Waals surface area contributed by atoms with E-state index in [-0.39, 0.29) is 11.1 Å². The summed E-state index contributed by atoms with van der Waals surface area (Å²) in [4.78, 5) is 30.8. The van der Waals surface area contributed by atoms with Crippen LogP contribution in [0.15, 0.2) is 48.0 Å². The second-order valence-electron chi connectivity index (χ2n) is 9.89. The van der Waals surface area contributed by atoms with Gasteiger partial charge in [0.25, 0.3) is 5.91 Å². The van der Waals surface area contributed by atoms with Crippen LogP contribution in [0, 0.1) is 17.0 Å². The molecule has 0 aliphatic carbocycles. The number of benzene rings is 2. The third-order valence-electron chi connectivity index (χ3n) is 5.93. The summed E-state index contributed by atoms with van der Waals surface area (Å²) in [7, 11) is -3.81. The van der Waals surface area contributed by atoms with Crippen molar-refractivity contribution in [2.24, 2.45) is 5.41 Å². The number of hydrogen-bond acceptors (Lipinski definition) is 10. The van der Waals surface area contributed by atoms with Crippen LogP contribution in [-0.2, 0) is 37.6 Å². The summed E-state index contributed by atoms with van der Waals surface area (Å²) in [6.07, 6.45) is 0.717. The van der Waals surface area contributed by atoms with Crippen molar-refractivity contribution in [1.29, 1.82) is 0 Å². The smallest absolute Gasteiger partial charge is 0.401 e. The summed E-state index contributed by atoms with van der Waals surface area (Å²) in [6, 6.07) is 8.04. The molecule has 2 aromatic carbocycles. The van der Waals surface area contributed by atoms with Crippen molar-refractivity contribution in [1.82, 2.24) is 5.32 Å². The molecule has 2 fully saturated rings. The third kappa shape index (κ3) is 4.97. The molecule has 3 heterocycles. The quantitative estimate of drug-likeness (QED) is 0.0708. The second-order valence-corrected chi connectivity index (χ2v) is 13.2. The Balaban J connectivity index is 1.52. The molecule has 2 atom stereocenters. The first-order valence-corrected chi connectivity index (χ1v) is 14.4. The van der Waals surface area contributed by atoms with Crippen LogP contribution in [0.1, 0.15) is 38.0 Å². The fourth-order valence-electron chi connectivity index (χ4n) is 3.66. The van der Waals surface area contributed by atoms with E-state index in [1.54, 1.807) is 23.6 Å². The van der Waals surface area contributed by atoms with Crippen molar-refractivity contribution >= 4 is 58.6 Å². The molecule has 15 heteroatoms. The number of rotatable bonds is 9. The Bertz CT molecular complexity index is 1600. The van der Waals surface area contributed by atoms with Gasteiger partial charge in [-0.1, -0.05) is 17.7 Å². The number of hydrogen-bond donors (Lipinski definition) is 2. The topological polar surface area (TPSA) is 136 Å². The van der Waals surface area contributed by atoms with Crippen molar-refractivity contribution < 1.29 is 51.6 Å². The number of amides is 1. The van der Waals surface area contributed by atoms with Crippen LogP contribution in [0.2, 0.25) is 5.02 Å². The van der Waals surface area contributed by atoms with Gasteiger partial charge in [-0.2, -0.15) is 4.89 Å². The second kappa shape index (κ2) is 9.97. The molecule has 2 unspecified atom stereocenters. The largest absolute Gasteiger partial charge is 0.428 e. The molecule has 2 saturated heterocycles. The van der Waals surface area contributed by atoms with Gasteiger partial charge in [0.2, 0.25) is 0 Å². The van der Waals surface area contributed by atoms with Gasteiger partial charge in [0.15, 0.2) is 17.7 Å². The highest BCUT2D eigenvalue weighted by molar-refractivity contribution is 7.68. The van der Waals surface area contributed by atoms with E-state index in [9.17, 15) is 28.2 Å². The fourth-order valence-corrected chi connectivity index (χ4v) is 6.47. The third-order valence-corrected chi connectivity index (χ3v) is 8.99. The van der Waals surface area contributed by atoms with E-state index in [0.717, 1.165) is 18.3 Å². The zero-order valence-electron chi connectivity index (χ0n) is 21.0. The van der Waals surface area contributed by atoms with Crippen LogP contribution < -0.4 is 5.32 Å². The molecule has 1 aromatic heterocycles. The van der Waals surface area contributed by atoms with Gasteiger partial charge in [0, 0.05) is 26.9 Å². The van der Waals surface area contributed by atoms with E-state index in [4.69, 9.17) is 30.1 Å². The van der Waals surface area contributed by atoms with Gasteiger partial charge >= 0.3 is 25.1 Å². The van der Waals surface area contributed by atoms with Crippen molar-refractivity contribution in [2.45, 2.75) is 38.4 Å². The molecule has 2 aliphatic rings. The number of ether oxygens (including phenoxy) is 2. The average Bonchev–Trinajstić information content (AvgIpc) is 3.60. The number of carbonyl (C=O) groups excluding carboxylic acids is 2. The zero-order chi connectivity index (χ0) is 29.1. The maximum atomic E-state index is 13.6. The van der Waals surface area contributed by atoms with Crippen LogP contribution >= 0.6 is 30.5 Å². The van der Waals surface area contributed by atoms with E-state index in [1.165, 1.54) is 44.3 Å². The molecular formula is C25H21ClF2NO9PS. The fraction of sp³-hybridized carbons (Fsp3) is 0.280. The normalized spacial score (nSPS) is 23.9. The summed E-state index contributed by atoms with van der Waals surface area (Å²) >= 11 is 7.41. The minimum absolute atomic E-state index is 0.210. The summed E-state index contributed by atoms with van der Waals surface area (Å²) in [5.41, 5.74) is -3.00. The molecule has 5 rings (SSSR count). The predicted molar refractivity (Wildman–Crippen MR) is 139 cm³/mol. The Kier molecular flexibility index (Phi) is 7.17. The Morgan fingerprint density at radius 3 is 2.48 bits per heavy atom.